The van der Waals surface area contributed by atoms with E-state index in [1.807, 2.05) is 48.7 Å². The molecular weight excluding hydrogens is 290 g/mol. The van der Waals surface area contributed by atoms with Crippen molar-refractivity contribution in [1.29, 1.82) is 0 Å². The Morgan fingerprint density at radius 3 is 2.68 bits per heavy atom. The van der Waals surface area contributed by atoms with Gasteiger partial charge in [0.05, 0.1) is 21.9 Å². The Hall–Kier alpha value is -2.46. The van der Waals surface area contributed by atoms with E-state index in [0.29, 0.717) is 5.69 Å². The van der Waals surface area contributed by atoms with Crippen LogP contribution < -0.4 is 11.1 Å². The maximum atomic E-state index is 5.95. The molecule has 22 heavy (non-hydrogen) atoms. The number of nitrogen functional groups attached to an aromatic ring is 1. The molecule has 0 saturated heterocycles. The van der Waals surface area contributed by atoms with Gasteiger partial charge in [-0.1, -0.05) is 49.5 Å². The molecule has 0 amide bonds. The summed E-state index contributed by atoms with van der Waals surface area (Å²) in [5.74, 6) is 0.0618. The molecule has 3 rings (SSSR count). The highest BCUT2D eigenvalue weighted by Crippen LogP contribution is 2.24. The Morgan fingerprint density at radius 1 is 1.14 bits per heavy atom. The fraction of sp³-hybridized carbons (Fsp3) is 0.111. The third-order valence-corrected chi connectivity index (χ3v) is 4.18. The van der Waals surface area contributed by atoms with E-state index in [4.69, 9.17) is 18.0 Å². The second-order valence-corrected chi connectivity index (χ2v) is 5.70. The molecule has 110 valence electrons. The molecule has 0 aliphatic carbocycles. The molecule has 0 aliphatic rings. The van der Waals surface area contributed by atoms with Gasteiger partial charge in [0.25, 0.3) is 0 Å². The number of pyridine rings is 1. The van der Waals surface area contributed by atoms with Crippen LogP contribution in [0.1, 0.15) is 18.4 Å². The van der Waals surface area contributed by atoms with Crippen molar-refractivity contribution in [2.75, 3.05) is 11.1 Å². The largest absolute Gasteiger partial charge is 0.397 e. The van der Waals surface area contributed by atoms with Gasteiger partial charge in [-0.15, -0.1) is 0 Å². The number of fused-ring (bicyclic) bond motifs is 1. The molecule has 1 atom stereocenters. The van der Waals surface area contributed by atoms with Gasteiger partial charge in [0, 0.05) is 17.5 Å². The lowest BCUT2D eigenvalue weighted by Crippen LogP contribution is -2.17. The smallest absolute Gasteiger partial charge is 0.0871 e. The summed E-state index contributed by atoms with van der Waals surface area (Å²) in [6, 6.07) is 17.8. The molecule has 0 fully saturated rings. The Kier molecular flexibility index (Phi) is 4.02. The summed E-state index contributed by atoms with van der Waals surface area (Å²) < 4.78 is 0. The highest BCUT2D eigenvalue weighted by molar-refractivity contribution is 7.80. The quantitative estimate of drug-likeness (QED) is 0.557. The van der Waals surface area contributed by atoms with E-state index in [1.54, 1.807) is 0 Å². The number of anilines is 2. The van der Waals surface area contributed by atoms with Crippen molar-refractivity contribution in [3.63, 3.8) is 0 Å². The van der Waals surface area contributed by atoms with Gasteiger partial charge in [-0.2, -0.15) is 0 Å². The Labute approximate surface area is 135 Å². The minimum atomic E-state index is 0.0618. The number of nitrogens with zero attached hydrogens (tertiary/aromatic N) is 1. The van der Waals surface area contributed by atoms with Crippen LogP contribution in [0, 0.1) is 0 Å². The number of hydrogen-bond donors (Lipinski definition) is 2. The molecule has 2 aromatic carbocycles. The van der Waals surface area contributed by atoms with Gasteiger partial charge in [0.1, 0.15) is 0 Å². The summed E-state index contributed by atoms with van der Waals surface area (Å²) in [5, 5.41) is 4.35. The minimum Gasteiger partial charge on any atom is -0.397 e. The van der Waals surface area contributed by atoms with Gasteiger partial charge in [-0.25, -0.2) is 0 Å². The van der Waals surface area contributed by atoms with E-state index in [1.165, 1.54) is 0 Å². The van der Waals surface area contributed by atoms with Gasteiger partial charge in [0.2, 0.25) is 0 Å². The predicted octanol–water partition coefficient (Wildman–Crippen LogP) is 4.36. The number of para-hydroxylation sites is 3. The Morgan fingerprint density at radius 2 is 1.86 bits per heavy atom. The summed E-state index contributed by atoms with van der Waals surface area (Å²) in [6.07, 6.45) is 1.88. The molecule has 0 aliphatic heterocycles. The number of aromatic nitrogens is 1. The van der Waals surface area contributed by atoms with E-state index >= 15 is 0 Å². The molecule has 1 aromatic heterocycles. The maximum Gasteiger partial charge on any atom is 0.0871 e. The summed E-state index contributed by atoms with van der Waals surface area (Å²) in [6.45, 7) is 2.07. The molecular formula is C18H17N3S. The average Bonchev–Trinajstić information content (AvgIpc) is 2.55. The third kappa shape index (κ3) is 2.92. The van der Waals surface area contributed by atoms with E-state index in [0.717, 1.165) is 27.1 Å². The van der Waals surface area contributed by atoms with Crippen molar-refractivity contribution in [3.8, 4) is 0 Å². The lowest BCUT2D eigenvalue weighted by molar-refractivity contribution is 1.02. The normalized spacial score (nSPS) is 12.0. The van der Waals surface area contributed by atoms with Crippen LogP contribution in [-0.4, -0.2) is 9.97 Å². The lowest BCUT2D eigenvalue weighted by atomic mass is 10.0. The number of nitrogens with one attached hydrogen (secondary N) is 1. The molecule has 3 aromatic rings. The standard InChI is InChI=1S/C18H17N3S/c1-12(18(22)21-17-9-5-3-7-15(17)19)14-10-13-6-2-4-8-16(13)20-11-14/h2-12H,19H2,1H3,(H,21,22). The van der Waals surface area contributed by atoms with Crippen molar-refractivity contribution in [3.05, 3.63) is 66.4 Å². The van der Waals surface area contributed by atoms with Crippen LogP contribution >= 0.6 is 12.2 Å². The second kappa shape index (κ2) is 6.12. The number of benzene rings is 2. The lowest BCUT2D eigenvalue weighted by Gasteiger charge is -2.17. The highest BCUT2D eigenvalue weighted by Gasteiger charge is 2.13. The molecule has 0 saturated carbocycles. The number of rotatable bonds is 3. The maximum absolute atomic E-state index is 5.95. The highest BCUT2D eigenvalue weighted by atomic mass is 32.1. The predicted molar refractivity (Wildman–Crippen MR) is 97.2 cm³/mol. The summed E-state index contributed by atoms with van der Waals surface area (Å²) in [4.78, 5) is 5.23. The van der Waals surface area contributed by atoms with E-state index < -0.39 is 0 Å². The van der Waals surface area contributed by atoms with Crippen molar-refractivity contribution in [2.24, 2.45) is 0 Å². The Bertz CT molecular complexity index is 829. The second-order valence-electron chi connectivity index (χ2n) is 5.26. The van der Waals surface area contributed by atoms with Gasteiger partial charge in [-0.3, -0.25) is 4.98 Å². The van der Waals surface area contributed by atoms with Crippen molar-refractivity contribution in [2.45, 2.75) is 12.8 Å². The van der Waals surface area contributed by atoms with Crippen LogP contribution in [0.15, 0.2) is 60.8 Å². The monoisotopic (exact) mass is 307 g/mol. The average molecular weight is 307 g/mol. The van der Waals surface area contributed by atoms with E-state index in [-0.39, 0.29) is 5.92 Å². The SMILES string of the molecule is CC(C(=S)Nc1ccccc1N)c1cnc2ccccc2c1. The first-order valence-corrected chi connectivity index (χ1v) is 7.56. The third-order valence-electron chi connectivity index (χ3n) is 3.72. The number of nitrogens with two attached hydrogens (primary N) is 1. The fourth-order valence-corrected chi connectivity index (χ4v) is 2.57. The zero-order valence-electron chi connectivity index (χ0n) is 12.3. The molecule has 4 heteroatoms. The van der Waals surface area contributed by atoms with Crippen molar-refractivity contribution in [1.82, 2.24) is 4.98 Å². The van der Waals surface area contributed by atoms with Gasteiger partial charge < -0.3 is 11.1 Å². The molecule has 0 bridgehead atoms. The van der Waals surface area contributed by atoms with Crippen LogP contribution in [0.25, 0.3) is 10.9 Å². The first-order valence-electron chi connectivity index (χ1n) is 7.15. The topological polar surface area (TPSA) is 50.9 Å². The van der Waals surface area contributed by atoms with Crippen molar-refractivity contribution < 1.29 is 0 Å². The van der Waals surface area contributed by atoms with E-state index in [9.17, 15) is 0 Å². The summed E-state index contributed by atoms with van der Waals surface area (Å²) in [7, 11) is 0. The first kappa shape index (κ1) is 14.5. The Balaban J connectivity index is 1.84. The minimum absolute atomic E-state index is 0.0618. The molecule has 1 heterocycles. The number of hydrogen-bond acceptors (Lipinski definition) is 3. The van der Waals surface area contributed by atoms with Crippen LogP contribution in [0.4, 0.5) is 11.4 Å². The summed E-state index contributed by atoms with van der Waals surface area (Å²) >= 11 is 5.53. The van der Waals surface area contributed by atoms with Gasteiger partial charge in [-0.05, 0) is 29.8 Å². The molecule has 3 nitrogen and oxygen atoms in total. The first-order chi connectivity index (χ1) is 10.6. The summed E-state index contributed by atoms with van der Waals surface area (Å²) in [5.41, 5.74) is 9.56. The van der Waals surface area contributed by atoms with Crippen LogP contribution in [-0.2, 0) is 0 Å². The van der Waals surface area contributed by atoms with E-state index in [2.05, 4.69) is 29.4 Å². The van der Waals surface area contributed by atoms with Gasteiger partial charge >= 0.3 is 0 Å². The van der Waals surface area contributed by atoms with Crippen molar-refractivity contribution >= 4 is 39.5 Å². The molecule has 0 spiro atoms. The van der Waals surface area contributed by atoms with Crippen LogP contribution in [0.3, 0.4) is 0 Å². The molecule has 3 N–H and O–H groups in total. The van der Waals surface area contributed by atoms with Crippen LogP contribution in [0.5, 0.6) is 0 Å². The van der Waals surface area contributed by atoms with Crippen LogP contribution in [0.2, 0.25) is 0 Å². The van der Waals surface area contributed by atoms with Gasteiger partial charge in [0.15, 0.2) is 0 Å². The molecule has 0 radical (unpaired) electrons. The fourth-order valence-electron chi connectivity index (χ4n) is 2.33. The zero-order valence-corrected chi connectivity index (χ0v) is 13.1. The molecule has 1 unspecified atom stereocenters. The zero-order chi connectivity index (χ0) is 15.5. The number of thiocarbonyl (C=S) groups is 1.